The maximum atomic E-state index is 12.2. The van der Waals surface area contributed by atoms with Crippen molar-refractivity contribution in [2.24, 2.45) is 0 Å². The van der Waals surface area contributed by atoms with Gasteiger partial charge in [0.2, 0.25) is 10.1 Å². The van der Waals surface area contributed by atoms with Crippen molar-refractivity contribution in [2.45, 2.75) is 13.5 Å². The van der Waals surface area contributed by atoms with Crippen molar-refractivity contribution in [3.63, 3.8) is 0 Å². The van der Waals surface area contributed by atoms with Gasteiger partial charge < -0.3 is 10.2 Å². The van der Waals surface area contributed by atoms with E-state index >= 15 is 0 Å². The van der Waals surface area contributed by atoms with Crippen LogP contribution in [0.25, 0.3) is 0 Å². The molecule has 5 nitrogen and oxygen atoms in total. The Balaban J connectivity index is 2.09. The Bertz CT molecular complexity index is 509. The van der Waals surface area contributed by atoms with Crippen LogP contribution in [0.2, 0.25) is 0 Å². The molecule has 2 heterocycles. The number of anilines is 1. The molecule has 0 aliphatic carbocycles. The average molecular weight is 282 g/mol. The summed E-state index contributed by atoms with van der Waals surface area (Å²) in [5, 5.41) is 13.8. The standard InChI is InChI=1S/C11H14N4OS2/c1-3-15(7-8-5-4-6-17-8)10(16)9-13-14-11(12-2)18-9/h4-6H,3,7H2,1-2H3,(H,12,14). The number of amides is 1. The molecular formula is C11H14N4OS2. The van der Waals surface area contributed by atoms with E-state index in [1.807, 2.05) is 24.4 Å². The molecule has 0 saturated heterocycles. The fraction of sp³-hybridized carbons (Fsp3) is 0.364. The van der Waals surface area contributed by atoms with Gasteiger partial charge in [-0.2, -0.15) is 0 Å². The number of nitrogens with one attached hydrogen (secondary N) is 1. The van der Waals surface area contributed by atoms with E-state index in [4.69, 9.17) is 0 Å². The van der Waals surface area contributed by atoms with Gasteiger partial charge in [0.1, 0.15) is 0 Å². The molecular weight excluding hydrogens is 268 g/mol. The summed E-state index contributed by atoms with van der Waals surface area (Å²) in [6.45, 7) is 3.25. The fourth-order valence-corrected chi connectivity index (χ4v) is 2.85. The van der Waals surface area contributed by atoms with Crippen molar-refractivity contribution in [1.82, 2.24) is 15.1 Å². The van der Waals surface area contributed by atoms with Crippen molar-refractivity contribution in [3.8, 4) is 0 Å². The Kier molecular flexibility index (Phi) is 4.27. The lowest BCUT2D eigenvalue weighted by atomic mass is 10.4. The van der Waals surface area contributed by atoms with Gasteiger partial charge in [-0.25, -0.2) is 0 Å². The highest BCUT2D eigenvalue weighted by Gasteiger charge is 2.19. The van der Waals surface area contributed by atoms with Crippen LogP contribution in [-0.4, -0.2) is 34.6 Å². The summed E-state index contributed by atoms with van der Waals surface area (Å²) < 4.78 is 0. The molecule has 0 radical (unpaired) electrons. The maximum absolute atomic E-state index is 12.2. The smallest absolute Gasteiger partial charge is 0.285 e. The number of thiophene rings is 1. The number of hydrogen-bond acceptors (Lipinski definition) is 6. The van der Waals surface area contributed by atoms with E-state index in [0.717, 1.165) is 0 Å². The van der Waals surface area contributed by atoms with Crippen LogP contribution < -0.4 is 5.32 Å². The minimum atomic E-state index is -0.0649. The zero-order chi connectivity index (χ0) is 13.0. The third-order valence-corrected chi connectivity index (χ3v) is 4.21. The lowest BCUT2D eigenvalue weighted by molar-refractivity contribution is 0.0753. The fourth-order valence-electron chi connectivity index (χ4n) is 1.46. The Labute approximate surface area is 113 Å². The van der Waals surface area contributed by atoms with Gasteiger partial charge >= 0.3 is 0 Å². The van der Waals surface area contributed by atoms with Crippen LogP contribution in [0.5, 0.6) is 0 Å². The van der Waals surface area contributed by atoms with E-state index in [1.165, 1.54) is 16.2 Å². The van der Waals surface area contributed by atoms with E-state index in [9.17, 15) is 4.79 Å². The van der Waals surface area contributed by atoms with Crippen LogP contribution in [0.15, 0.2) is 17.5 Å². The largest absolute Gasteiger partial charge is 0.363 e. The monoisotopic (exact) mass is 282 g/mol. The number of aromatic nitrogens is 2. The lowest BCUT2D eigenvalue weighted by Gasteiger charge is -2.18. The molecule has 0 aliphatic rings. The average Bonchev–Trinajstić information content (AvgIpc) is 3.06. The van der Waals surface area contributed by atoms with Crippen molar-refractivity contribution < 1.29 is 4.79 Å². The number of carbonyl (C=O) groups excluding carboxylic acids is 1. The summed E-state index contributed by atoms with van der Waals surface area (Å²) in [7, 11) is 1.76. The van der Waals surface area contributed by atoms with Gasteiger partial charge in [-0.05, 0) is 18.4 Å². The Morgan fingerprint density at radius 1 is 1.50 bits per heavy atom. The Hall–Kier alpha value is -1.47. The normalized spacial score (nSPS) is 10.3. The van der Waals surface area contributed by atoms with Crippen LogP contribution in [0.1, 0.15) is 21.6 Å². The molecule has 96 valence electrons. The van der Waals surface area contributed by atoms with Crippen molar-refractivity contribution in [1.29, 1.82) is 0 Å². The van der Waals surface area contributed by atoms with Gasteiger partial charge in [0.15, 0.2) is 0 Å². The van der Waals surface area contributed by atoms with Crippen molar-refractivity contribution >= 4 is 33.7 Å². The molecule has 0 aliphatic heterocycles. The second kappa shape index (κ2) is 5.92. The Morgan fingerprint density at radius 3 is 2.89 bits per heavy atom. The van der Waals surface area contributed by atoms with Crippen LogP contribution in [0.4, 0.5) is 5.13 Å². The molecule has 0 atom stereocenters. The molecule has 0 saturated carbocycles. The van der Waals surface area contributed by atoms with Gasteiger partial charge in [-0.1, -0.05) is 17.4 Å². The van der Waals surface area contributed by atoms with E-state index in [1.54, 1.807) is 23.3 Å². The van der Waals surface area contributed by atoms with Gasteiger partial charge in [-0.15, -0.1) is 21.5 Å². The number of carbonyl (C=O) groups is 1. The molecule has 2 rings (SSSR count). The zero-order valence-corrected chi connectivity index (χ0v) is 11.8. The summed E-state index contributed by atoms with van der Waals surface area (Å²) >= 11 is 2.93. The van der Waals surface area contributed by atoms with Crippen LogP contribution >= 0.6 is 22.7 Å². The third kappa shape index (κ3) is 2.85. The van der Waals surface area contributed by atoms with E-state index in [-0.39, 0.29) is 5.91 Å². The molecule has 0 spiro atoms. The zero-order valence-electron chi connectivity index (χ0n) is 10.2. The first kappa shape index (κ1) is 13.0. The van der Waals surface area contributed by atoms with Gasteiger partial charge in [0.25, 0.3) is 5.91 Å². The van der Waals surface area contributed by atoms with Crippen LogP contribution in [0, 0.1) is 0 Å². The van der Waals surface area contributed by atoms with Crippen molar-refractivity contribution in [3.05, 3.63) is 27.4 Å². The van der Waals surface area contributed by atoms with Gasteiger partial charge in [0.05, 0.1) is 6.54 Å². The lowest BCUT2D eigenvalue weighted by Crippen LogP contribution is -2.29. The topological polar surface area (TPSA) is 58.1 Å². The van der Waals surface area contributed by atoms with Gasteiger partial charge in [-0.3, -0.25) is 4.79 Å². The molecule has 0 bridgehead atoms. The number of nitrogens with zero attached hydrogens (tertiary/aromatic N) is 3. The predicted octanol–water partition coefficient (Wildman–Crippen LogP) is 2.30. The first-order valence-corrected chi connectivity index (χ1v) is 7.27. The third-order valence-electron chi connectivity index (χ3n) is 2.42. The molecule has 0 aromatic carbocycles. The Morgan fingerprint density at radius 2 is 2.33 bits per heavy atom. The summed E-state index contributed by atoms with van der Waals surface area (Å²) in [5.41, 5.74) is 0. The van der Waals surface area contributed by atoms with Gasteiger partial charge in [0, 0.05) is 18.5 Å². The molecule has 2 aromatic heterocycles. The molecule has 0 unspecified atom stereocenters. The molecule has 7 heteroatoms. The van der Waals surface area contributed by atoms with E-state index < -0.39 is 0 Å². The number of rotatable bonds is 5. The summed E-state index contributed by atoms with van der Waals surface area (Å²) in [6, 6.07) is 4.02. The van der Waals surface area contributed by atoms with E-state index in [0.29, 0.717) is 23.2 Å². The van der Waals surface area contributed by atoms with Crippen molar-refractivity contribution in [2.75, 3.05) is 18.9 Å². The minimum absolute atomic E-state index is 0.0649. The SMILES string of the molecule is CCN(Cc1cccs1)C(=O)c1nnc(NC)s1. The highest BCUT2D eigenvalue weighted by Crippen LogP contribution is 2.18. The molecule has 2 aromatic rings. The summed E-state index contributed by atoms with van der Waals surface area (Å²) in [4.78, 5) is 15.2. The predicted molar refractivity (Wildman–Crippen MR) is 74.2 cm³/mol. The minimum Gasteiger partial charge on any atom is -0.363 e. The first-order valence-electron chi connectivity index (χ1n) is 5.57. The quantitative estimate of drug-likeness (QED) is 0.914. The molecule has 1 N–H and O–H groups in total. The second-order valence-electron chi connectivity index (χ2n) is 3.56. The highest BCUT2D eigenvalue weighted by molar-refractivity contribution is 7.17. The maximum Gasteiger partial charge on any atom is 0.285 e. The van der Waals surface area contributed by atoms with Crippen LogP contribution in [-0.2, 0) is 6.54 Å². The summed E-state index contributed by atoms with van der Waals surface area (Å²) in [6.07, 6.45) is 0. The summed E-state index contributed by atoms with van der Waals surface area (Å²) in [5.74, 6) is -0.0649. The van der Waals surface area contributed by atoms with E-state index in [2.05, 4.69) is 15.5 Å². The first-order chi connectivity index (χ1) is 8.74. The molecule has 1 amide bonds. The number of hydrogen-bond donors (Lipinski definition) is 1. The highest BCUT2D eigenvalue weighted by atomic mass is 32.1. The molecule has 18 heavy (non-hydrogen) atoms. The molecule has 0 fully saturated rings. The second-order valence-corrected chi connectivity index (χ2v) is 5.57. The van der Waals surface area contributed by atoms with Crippen LogP contribution in [0.3, 0.4) is 0 Å².